The van der Waals surface area contributed by atoms with Crippen molar-refractivity contribution in [2.45, 2.75) is 56.5 Å². The van der Waals surface area contributed by atoms with Crippen LogP contribution in [0, 0.1) is 6.92 Å². The number of nitrogens with one attached hydrogen (secondary N) is 1. The van der Waals surface area contributed by atoms with E-state index >= 15 is 0 Å². The Morgan fingerprint density at radius 1 is 1.44 bits per heavy atom. The van der Waals surface area contributed by atoms with Crippen molar-refractivity contribution in [2.75, 3.05) is 0 Å². The van der Waals surface area contributed by atoms with Gasteiger partial charge >= 0.3 is 0 Å². The van der Waals surface area contributed by atoms with Gasteiger partial charge in [0.15, 0.2) is 0 Å². The summed E-state index contributed by atoms with van der Waals surface area (Å²) in [6.45, 7) is 3.80. The van der Waals surface area contributed by atoms with Gasteiger partial charge < -0.3 is 10.2 Å². The minimum absolute atomic E-state index is 0.202. The van der Waals surface area contributed by atoms with Gasteiger partial charge in [-0.25, -0.2) is 13.1 Å². The van der Waals surface area contributed by atoms with Gasteiger partial charge in [-0.15, -0.1) is 0 Å². The highest BCUT2D eigenvalue weighted by Crippen LogP contribution is 2.31. The fourth-order valence-corrected chi connectivity index (χ4v) is 4.20. The molecule has 0 aromatic carbocycles. The van der Waals surface area contributed by atoms with Crippen LogP contribution in [-0.2, 0) is 16.6 Å². The monoisotopic (exact) mass is 272 g/mol. The van der Waals surface area contributed by atoms with Crippen LogP contribution in [0.15, 0.2) is 15.4 Å². The molecule has 1 aromatic rings. The van der Waals surface area contributed by atoms with Gasteiger partial charge in [-0.3, -0.25) is 0 Å². The van der Waals surface area contributed by atoms with Crippen LogP contribution < -0.4 is 10.5 Å². The fraction of sp³-hybridized carbons (Fsp3) is 0.667. The third kappa shape index (κ3) is 2.60. The molecule has 0 saturated heterocycles. The Morgan fingerprint density at radius 3 is 2.56 bits per heavy atom. The maximum absolute atomic E-state index is 12.3. The number of furan rings is 1. The topological polar surface area (TPSA) is 85.3 Å². The molecule has 0 atom stereocenters. The van der Waals surface area contributed by atoms with E-state index in [0.29, 0.717) is 11.5 Å². The predicted molar refractivity (Wildman–Crippen MR) is 68.5 cm³/mol. The summed E-state index contributed by atoms with van der Waals surface area (Å²) in [7, 11) is -3.52. The van der Waals surface area contributed by atoms with Gasteiger partial charge in [0.2, 0.25) is 10.0 Å². The number of hydrogen-bond donors (Lipinski definition) is 2. The van der Waals surface area contributed by atoms with Gasteiger partial charge in [-0.2, -0.15) is 0 Å². The van der Waals surface area contributed by atoms with E-state index in [9.17, 15) is 8.42 Å². The molecule has 0 radical (unpaired) electrons. The highest BCUT2D eigenvalue weighted by molar-refractivity contribution is 7.89. The molecule has 0 amide bonds. The van der Waals surface area contributed by atoms with E-state index in [0.717, 1.165) is 25.7 Å². The smallest absolute Gasteiger partial charge is 0.244 e. The van der Waals surface area contributed by atoms with Crippen molar-refractivity contribution in [3.8, 4) is 0 Å². The number of aryl methyl sites for hydroxylation is 1. The third-order valence-corrected chi connectivity index (χ3v) is 5.25. The quantitative estimate of drug-likeness (QED) is 0.873. The maximum Gasteiger partial charge on any atom is 0.244 e. The molecule has 102 valence electrons. The lowest BCUT2D eigenvalue weighted by atomic mass is 10.0. The van der Waals surface area contributed by atoms with E-state index < -0.39 is 10.0 Å². The molecule has 5 nitrogen and oxygen atoms in total. The first-order valence-electron chi connectivity index (χ1n) is 6.20. The first kappa shape index (κ1) is 13.6. The minimum Gasteiger partial charge on any atom is -0.464 e. The number of nitrogens with two attached hydrogens (primary N) is 1. The van der Waals surface area contributed by atoms with Crippen LogP contribution in [0.5, 0.6) is 0 Å². The lowest BCUT2D eigenvalue weighted by molar-refractivity contribution is 0.426. The predicted octanol–water partition coefficient (Wildman–Crippen LogP) is 1.66. The molecule has 0 bridgehead atoms. The van der Waals surface area contributed by atoms with Gasteiger partial charge in [0.25, 0.3) is 0 Å². The molecule has 1 fully saturated rings. The molecule has 18 heavy (non-hydrogen) atoms. The molecular formula is C12H20N2O3S. The van der Waals surface area contributed by atoms with Crippen LogP contribution in [0.25, 0.3) is 0 Å². The number of rotatable bonds is 4. The highest BCUT2D eigenvalue weighted by Gasteiger charge is 2.34. The minimum atomic E-state index is -3.52. The van der Waals surface area contributed by atoms with Crippen LogP contribution >= 0.6 is 0 Å². The highest BCUT2D eigenvalue weighted by atomic mass is 32.2. The van der Waals surface area contributed by atoms with Gasteiger partial charge in [0.1, 0.15) is 16.4 Å². The zero-order valence-electron chi connectivity index (χ0n) is 10.8. The van der Waals surface area contributed by atoms with E-state index in [1.165, 1.54) is 6.07 Å². The second kappa shape index (κ2) is 4.68. The molecule has 0 aliphatic heterocycles. The molecule has 1 heterocycles. The van der Waals surface area contributed by atoms with Crippen molar-refractivity contribution >= 4 is 10.0 Å². The molecule has 0 spiro atoms. The van der Waals surface area contributed by atoms with Gasteiger partial charge in [0, 0.05) is 11.6 Å². The van der Waals surface area contributed by atoms with Crippen molar-refractivity contribution in [1.82, 2.24) is 4.72 Å². The molecule has 1 aliphatic carbocycles. The first-order valence-corrected chi connectivity index (χ1v) is 7.68. The summed E-state index contributed by atoms with van der Waals surface area (Å²) in [5.74, 6) is 0.883. The van der Waals surface area contributed by atoms with Crippen molar-refractivity contribution < 1.29 is 12.8 Å². The third-order valence-electron chi connectivity index (χ3n) is 3.50. The van der Waals surface area contributed by atoms with Crippen LogP contribution in [0.2, 0.25) is 0 Å². The molecule has 3 N–H and O–H groups in total. The van der Waals surface area contributed by atoms with Gasteiger partial charge in [-0.1, -0.05) is 12.8 Å². The SMILES string of the molecule is Cc1oc(CN)cc1S(=O)(=O)NC1(C)CCCC1. The fourth-order valence-electron chi connectivity index (χ4n) is 2.53. The molecule has 1 aliphatic rings. The van der Waals surface area contributed by atoms with Crippen molar-refractivity contribution in [2.24, 2.45) is 5.73 Å². The Kier molecular flexibility index (Phi) is 3.53. The Balaban J connectivity index is 2.27. The molecule has 0 unspecified atom stereocenters. The summed E-state index contributed by atoms with van der Waals surface area (Å²) >= 11 is 0. The number of sulfonamides is 1. The Labute approximate surface area is 108 Å². The average molecular weight is 272 g/mol. The number of hydrogen-bond acceptors (Lipinski definition) is 4. The molecular weight excluding hydrogens is 252 g/mol. The molecule has 1 saturated carbocycles. The van der Waals surface area contributed by atoms with Crippen LogP contribution in [0.3, 0.4) is 0 Å². The largest absolute Gasteiger partial charge is 0.464 e. The zero-order valence-corrected chi connectivity index (χ0v) is 11.6. The van der Waals surface area contributed by atoms with Crippen molar-refractivity contribution in [3.63, 3.8) is 0 Å². The Morgan fingerprint density at radius 2 is 2.06 bits per heavy atom. The first-order chi connectivity index (χ1) is 8.36. The second-order valence-electron chi connectivity index (χ2n) is 5.21. The molecule has 6 heteroatoms. The van der Waals surface area contributed by atoms with Crippen molar-refractivity contribution in [1.29, 1.82) is 0 Å². The van der Waals surface area contributed by atoms with Crippen LogP contribution in [0.1, 0.15) is 44.1 Å². The average Bonchev–Trinajstić information content (AvgIpc) is 2.84. The Bertz CT molecular complexity index is 528. The van der Waals surface area contributed by atoms with E-state index in [2.05, 4.69) is 4.72 Å². The summed E-state index contributed by atoms with van der Waals surface area (Å²) in [5, 5.41) is 0. The van der Waals surface area contributed by atoms with Crippen LogP contribution in [-0.4, -0.2) is 14.0 Å². The molecule has 1 aromatic heterocycles. The molecule has 2 rings (SSSR count). The van der Waals surface area contributed by atoms with E-state index in [4.69, 9.17) is 10.2 Å². The summed E-state index contributed by atoms with van der Waals surface area (Å²) in [4.78, 5) is 0.205. The van der Waals surface area contributed by atoms with E-state index in [1.54, 1.807) is 6.92 Å². The maximum atomic E-state index is 12.3. The lowest BCUT2D eigenvalue weighted by Crippen LogP contribution is -2.43. The van der Waals surface area contributed by atoms with Gasteiger partial charge in [-0.05, 0) is 26.7 Å². The zero-order chi connectivity index (χ0) is 13.4. The Hall–Kier alpha value is -0.850. The summed E-state index contributed by atoms with van der Waals surface area (Å²) in [6, 6.07) is 1.51. The second-order valence-corrected chi connectivity index (χ2v) is 6.86. The van der Waals surface area contributed by atoms with Gasteiger partial charge in [0.05, 0.1) is 6.54 Å². The standard InChI is InChI=1S/C12H20N2O3S/c1-9-11(7-10(8-13)17-9)18(15,16)14-12(2)5-3-4-6-12/h7,14H,3-6,8,13H2,1-2H3. The normalized spacial score (nSPS) is 19.3. The van der Waals surface area contributed by atoms with E-state index in [-0.39, 0.29) is 17.0 Å². The summed E-state index contributed by atoms with van der Waals surface area (Å²) in [5.41, 5.74) is 5.13. The lowest BCUT2D eigenvalue weighted by Gasteiger charge is -2.24. The summed E-state index contributed by atoms with van der Waals surface area (Å²) in [6.07, 6.45) is 3.90. The van der Waals surface area contributed by atoms with Crippen molar-refractivity contribution in [3.05, 3.63) is 17.6 Å². The van der Waals surface area contributed by atoms with Crippen LogP contribution in [0.4, 0.5) is 0 Å². The summed E-state index contributed by atoms with van der Waals surface area (Å²) < 4.78 is 32.8. The van der Waals surface area contributed by atoms with E-state index in [1.807, 2.05) is 6.92 Å².